The van der Waals surface area contributed by atoms with Gasteiger partial charge in [-0.3, -0.25) is 24.3 Å². The minimum absolute atomic E-state index is 0.0139. The summed E-state index contributed by atoms with van der Waals surface area (Å²) < 4.78 is 35.7. The molecule has 0 saturated carbocycles. The lowest BCUT2D eigenvalue weighted by molar-refractivity contribution is -0.154. The van der Waals surface area contributed by atoms with E-state index in [1.54, 1.807) is 64.7 Å². The Balaban J connectivity index is 0.653. The number of aryl methyl sites for hydroxylation is 1. The van der Waals surface area contributed by atoms with E-state index in [0.717, 1.165) is 60.1 Å². The molecule has 8 rings (SSSR count). The van der Waals surface area contributed by atoms with Crippen molar-refractivity contribution >= 4 is 72.0 Å². The van der Waals surface area contributed by atoms with Crippen molar-refractivity contribution in [3.05, 3.63) is 75.7 Å². The molecule has 1 amide bonds. The molecule has 0 aliphatic carbocycles. The quantitative estimate of drug-likeness (QED) is 0.0217. The Morgan fingerprint density at radius 3 is 2.18 bits per heavy atom. The van der Waals surface area contributed by atoms with Crippen molar-refractivity contribution in [2.45, 2.75) is 147 Å². The first-order valence-electron chi connectivity index (χ1n) is 26.6. The number of Topliss-reactive ketones (excluding diaryl/α,β-unsaturated/α-hetero) is 1. The van der Waals surface area contributed by atoms with Gasteiger partial charge in [0, 0.05) is 97.8 Å². The van der Waals surface area contributed by atoms with Gasteiger partial charge >= 0.3 is 12.1 Å². The second kappa shape index (κ2) is 27.0. The number of unbranched alkanes of at least 4 members (excludes halogenated alkanes) is 8. The van der Waals surface area contributed by atoms with Crippen molar-refractivity contribution in [3.8, 4) is 23.0 Å². The van der Waals surface area contributed by atoms with Crippen LogP contribution in [0, 0.1) is 6.92 Å². The summed E-state index contributed by atoms with van der Waals surface area (Å²) in [7, 11) is 7.95. The molecule has 17 heteroatoms. The van der Waals surface area contributed by atoms with Crippen LogP contribution in [0.3, 0.4) is 0 Å². The average molecular weight is 1060 g/mol. The monoisotopic (exact) mass is 1050 g/mol. The Hall–Kier alpha value is -5.23. The van der Waals surface area contributed by atoms with Crippen LogP contribution >= 0.6 is 21.6 Å². The van der Waals surface area contributed by atoms with Crippen LogP contribution < -0.4 is 24.5 Å². The number of carbonyl (C=O) groups is 3. The number of amides is 1. The molecule has 0 radical (unpaired) electrons. The highest BCUT2D eigenvalue weighted by Gasteiger charge is 2.39. The first-order valence-corrected chi connectivity index (χ1v) is 29.1. The van der Waals surface area contributed by atoms with Crippen LogP contribution in [0.15, 0.2) is 53.5 Å². The number of aromatic nitrogens is 2. The van der Waals surface area contributed by atoms with Crippen molar-refractivity contribution in [1.29, 1.82) is 0 Å². The van der Waals surface area contributed by atoms with Crippen LogP contribution in [0.5, 0.6) is 23.0 Å². The van der Waals surface area contributed by atoms with E-state index < -0.39 is 6.09 Å². The number of hydrogen-bond acceptors (Lipinski definition) is 15. The van der Waals surface area contributed by atoms with Gasteiger partial charge in [0.1, 0.15) is 18.5 Å². The Morgan fingerprint density at radius 2 is 1.46 bits per heavy atom. The standard InChI is InChI=1S/C57H74N4O11S2/c1-38-18-19-39(36-62)40(27-38)28-54(64)72-44-29-41-15-14-16-42(30-44)60(41)21-13-11-9-7-5-6-8-10-12-17-43(63)20-25-73-74-26-24-69-57(66)59(2)22-23-61-55-47-33-52-53(71-37-70-52)34-49(47)58-35-48(55)45-31-50(67-3)51(68-4)32-46(45)56(61)65/h18-19,27,31-35,41-42,44,62H,5-17,20-26,28-30,36-37H2,1-4H3. The molecule has 2 bridgehead atoms. The number of esters is 1. The van der Waals surface area contributed by atoms with Crippen molar-refractivity contribution in [3.63, 3.8) is 0 Å². The fraction of sp³-hybridized carbons (Fsp3) is 0.561. The van der Waals surface area contributed by atoms with E-state index in [4.69, 9.17) is 33.4 Å². The van der Waals surface area contributed by atoms with Gasteiger partial charge in [-0.1, -0.05) is 96.7 Å². The van der Waals surface area contributed by atoms with Crippen molar-refractivity contribution in [2.75, 3.05) is 59.3 Å². The third kappa shape index (κ3) is 14.0. The average Bonchev–Trinajstić information content (AvgIpc) is 3.87. The number of likely N-dealkylation sites (N-methyl/N-ethyl adjacent to an activating group) is 1. The lowest BCUT2D eigenvalue weighted by Crippen LogP contribution is -2.54. The highest BCUT2D eigenvalue weighted by Crippen LogP contribution is 2.41. The summed E-state index contributed by atoms with van der Waals surface area (Å²) in [6.45, 7) is 3.80. The molecule has 2 saturated heterocycles. The summed E-state index contributed by atoms with van der Waals surface area (Å²) in [6.07, 6.45) is 18.8. The lowest BCUT2D eigenvalue weighted by atomic mass is 9.82. The number of fused-ring (bicyclic) bond motifs is 8. The first kappa shape index (κ1) is 55.0. The molecular weight excluding hydrogens is 981 g/mol. The maximum absolute atomic E-state index is 14.3. The summed E-state index contributed by atoms with van der Waals surface area (Å²) >= 11 is 0. The molecule has 2 unspecified atom stereocenters. The number of carbonyl (C=O) groups excluding carboxylic acids is 3. The van der Waals surface area contributed by atoms with E-state index in [-0.39, 0.29) is 57.1 Å². The van der Waals surface area contributed by atoms with Crippen LogP contribution in [0.1, 0.15) is 119 Å². The largest absolute Gasteiger partial charge is 0.493 e. The molecule has 400 valence electrons. The second-order valence-electron chi connectivity index (χ2n) is 20.0. The molecule has 3 aromatic carbocycles. The molecule has 5 aromatic rings. The smallest absolute Gasteiger partial charge is 0.409 e. The fourth-order valence-electron chi connectivity index (χ4n) is 11.0. The Labute approximate surface area is 442 Å². The highest BCUT2D eigenvalue weighted by atomic mass is 33.1. The molecule has 2 atom stereocenters. The van der Waals surface area contributed by atoms with Crippen molar-refractivity contribution in [2.24, 2.45) is 0 Å². The van der Waals surface area contributed by atoms with Crippen molar-refractivity contribution in [1.82, 2.24) is 19.4 Å². The number of pyridine rings is 2. The van der Waals surface area contributed by atoms with Crippen LogP contribution in [0.2, 0.25) is 0 Å². The number of benzene rings is 3. The molecule has 0 spiro atoms. The second-order valence-corrected chi connectivity index (χ2v) is 22.7. The summed E-state index contributed by atoms with van der Waals surface area (Å²) in [4.78, 5) is 61.7. The topological polar surface area (TPSA) is 168 Å². The van der Waals surface area contributed by atoms with Crippen molar-refractivity contribution < 1.29 is 47.9 Å². The van der Waals surface area contributed by atoms with Gasteiger partial charge < -0.3 is 43.0 Å². The lowest BCUT2D eigenvalue weighted by Gasteiger charge is -2.48. The summed E-state index contributed by atoms with van der Waals surface area (Å²) in [5, 5.41) is 12.3. The third-order valence-electron chi connectivity index (χ3n) is 14.9. The van der Waals surface area contributed by atoms with Gasteiger partial charge in [-0.2, -0.15) is 0 Å². The Morgan fingerprint density at radius 1 is 0.784 bits per heavy atom. The van der Waals surface area contributed by atoms with E-state index >= 15 is 0 Å². The highest BCUT2D eigenvalue weighted by molar-refractivity contribution is 8.76. The number of nitrogens with zero attached hydrogens (tertiary/aromatic N) is 4. The zero-order chi connectivity index (χ0) is 52.0. The number of aliphatic hydroxyl groups is 1. The number of ketones is 1. The maximum Gasteiger partial charge on any atom is 0.409 e. The van der Waals surface area contributed by atoms with Gasteiger partial charge in [0.15, 0.2) is 23.0 Å². The number of piperidine rings is 2. The minimum atomic E-state index is -0.483. The zero-order valence-electron chi connectivity index (χ0n) is 43.7. The van der Waals surface area contributed by atoms with Crippen LogP contribution in [0.4, 0.5) is 4.79 Å². The van der Waals surface area contributed by atoms with E-state index in [9.17, 15) is 24.3 Å². The van der Waals surface area contributed by atoms with Crippen LogP contribution in [0.25, 0.3) is 32.6 Å². The molecule has 74 heavy (non-hydrogen) atoms. The van der Waals surface area contributed by atoms with Crippen LogP contribution in [-0.2, 0) is 38.6 Å². The fourth-order valence-corrected chi connectivity index (χ4v) is 12.9. The molecule has 15 nitrogen and oxygen atoms in total. The maximum atomic E-state index is 14.3. The van der Waals surface area contributed by atoms with Gasteiger partial charge in [0.25, 0.3) is 5.56 Å². The molecule has 3 aliphatic heterocycles. The SMILES string of the molecule is COc1cc2c(=O)n(CCN(C)C(=O)OCCSSCCC(=O)CCCCCCCCCCCN3C4CCCC3CC(OC(=O)Cc3cc(C)ccc3CO)C4)c3c4cc5c(cc4ncc3c2cc1OC)OCO5. The number of aliphatic hydroxyl groups excluding tert-OH is 1. The molecule has 5 heterocycles. The summed E-state index contributed by atoms with van der Waals surface area (Å²) in [5.74, 6) is 3.52. The molecule has 2 aromatic heterocycles. The normalized spacial score (nSPS) is 17.2. The zero-order valence-corrected chi connectivity index (χ0v) is 45.3. The van der Waals surface area contributed by atoms with E-state index in [1.165, 1.54) is 76.2 Å². The van der Waals surface area contributed by atoms with Gasteiger partial charge in [0.05, 0.1) is 43.7 Å². The Bertz CT molecular complexity index is 2790. The number of methoxy groups -OCH3 is 2. The minimum Gasteiger partial charge on any atom is -0.493 e. The van der Waals surface area contributed by atoms with Gasteiger partial charge in [-0.15, -0.1) is 0 Å². The molecule has 2 fully saturated rings. The molecular formula is C57H74N4O11S2. The third-order valence-corrected chi connectivity index (χ3v) is 17.3. The predicted octanol–water partition coefficient (Wildman–Crippen LogP) is 10.7. The van der Waals surface area contributed by atoms with Gasteiger partial charge in [-0.05, 0) is 68.5 Å². The van der Waals surface area contributed by atoms with Gasteiger partial charge in [0.2, 0.25) is 6.79 Å². The molecule has 1 N–H and O–H groups in total. The van der Waals surface area contributed by atoms with Gasteiger partial charge in [-0.25, -0.2) is 4.79 Å². The van der Waals surface area contributed by atoms with E-state index in [1.807, 2.05) is 31.2 Å². The number of hydrogen-bond donors (Lipinski definition) is 1. The summed E-state index contributed by atoms with van der Waals surface area (Å²) in [6, 6.07) is 14.0. The first-order chi connectivity index (χ1) is 36.0. The number of ether oxygens (including phenoxy) is 6. The van der Waals surface area contributed by atoms with E-state index in [0.29, 0.717) is 86.7 Å². The van der Waals surface area contributed by atoms with Crippen LogP contribution in [-0.4, -0.2) is 120 Å². The van der Waals surface area contributed by atoms with E-state index in [2.05, 4.69) is 4.90 Å². The Kier molecular flexibility index (Phi) is 20.1. The predicted molar refractivity (Wildman–Crippen MR) is 293 cm³/mol. The number of rotatable bonds is 28. The molecule has 3 aliphatic rings. The summed E-state index contributed by atoms with van der Waals surface area (Å²) in [5.41, 5.74) is 3.78.